The number of nitrogens with one attached hydrogen (secondary N) is 3. The first-order valence-electron chi connectivity index (χ1n) is 11.3. The third kappa shape index (κ3) is 15.0. The maximum Gasteiger partial charge on any atom is 0.220 e. The Bertz CT molecular complexity index is 493. The number of hydrogen-bond donors (Lipinski definition) is 5. The Labute approximate surface area is 195 Å². The van der Waals surface area contributed by atoms with Gasteiger partial charge in [0.1, 0.15) is 0 Å². The monoisotopic (exact) mass is 540 g/mol. The van der Waals surface area contributed by atoms with Crippen LogP contribution in [-0.2, 0) is 14.4 Å². The van der Waals surface area contributed by atoms with Gasteiger partial charge < -0.3 is 27.4 Å². The van der Waals surface area contributed by atoms with Crippen LogP contribution in [0.3, 0.4) is 0 Å². The van der Waals surface area contributed by atoms with Gasteiger partial charge in [0.2, 0.25) is 17.7 Å². The van der Waals surface area contributed by atoms with Gasteiger partial charge in [-0.3, -0.25) is 14.4 Å². The Morgan fingerprint density at radius 1 is 0.833 bits per heavy atom. The van der Waals surface area contributed by atoms with Crippen molar-refractivity contribution in [2.45, 2.75) is 71.1 Å². The van der Waals surface area contributed by atoms with Gasteiger partial charge in [-0.25, -0.2) is 0 Å². The molecule has 0 aliphatic rings. The second kappa shape index (κ2) is 18.8. The third-order valence-corrected chi connectivity index (χ3v) is 6.26. The number of halogens is 1. The summed E-state index contributed by atoms with van der Waals surface area (Å²) in [5.74, 6) is 0.0484. The van der Waals surface area contributed by atoms with Gasteiger partial charge in [-0.15, -0.1) is 0 Å². The van der Waals surface area contributed by atoms with Crippen LogP contribution in [0.25, 0.3) is 0 Å². The van der Waals surface area contributed by atoms with E-state index in [-0.39, 0.29) is 23.1 Å². The molecule has 0 saturated heterocycles. The van der Waals surface area contributed by atoms with E-state index >= 15 is 0 Å². The van der Waals surface area contributed by atoms with E-state index in [1.165, 1.54) is 0 Å². The molecule has 0 fully saturated rings. The van der Waals surface area contributed by atoms with Gasteiger partial charge >= 0.3 is 0 Å². The van der Waals surface area contributed by atoms with Gasteiger partial charge in [-0.2, -0.15) is 0 Å². The van der Waals surface area contributed by atoms with Crippen molar-refractivity contribution in [1.29, 1.82) is 0 Å². The lowest BCUT2D eigenvalue weighted by atomic mass is 9.73. The van der Waals surface area contributed by atoms with Crippen LogP contribution < -0.4 is 27.4 Å². The first kappa shape index (κ1) is 29.1. The second-order valence-corrected chi connectivity index (χ2v) is 8.87. The fraction of sp³-hybridized carbons (Fsp3) is 0.857. The number of carbonyl (C=O) groups excluding carboxylic acids is 3. The molecule has 8 nitrogen and oxygen atoms in total. The zero-order chi connectivity index (χ0) is 22.7. The molecular formula is C21H43IN5O3+. The molecule has 30 heavy (non-hydrogen) atoms. The molecule has 0 heterocycles. The highest BCUT2D eigenvalue weighted by atomic mass is 127. The number of amides is 3. The molecule has 0 bridgehead atoms. The van der Waals surface area contributed by atoms with Crippen molar-refractivity contribution in [2.75, 3.05) is 37.2 Å². The van der Waals surface area contributed by atoms with Gasteiger partial charge in [0.25, 0.3) is 0 Å². The van der Waals surface area contributed by atoms with E-state index in [1.807, 2.05) is 0 Å². The van der Waals surface area contributed by atoms with Crippen molar-refractivity contribution in [3.05, 3.63) is 0 Å². The number of nitrogens with two attached hydrogens (primary N) is 1. The van der Waals surface area contributed by atoms with Crippen LogP contribution in [0.4, 0.5) is 0 Å². The van der Waals surface area contributed by atoms with E-state index in [9.17, 15) is 14.4 Å². The second-order valence-electron chi connectivity index (χ2n) is 7.80. The van der Waals surface area contributed by atoms with E-state index in [2.05, 4.69) is 51.2 Å². The molecule has 176 valence electrons. The minimum absolute atomic E-state index is 0.0251. The molecule has 1 unspecified atom stereocenters. The number of alkyl halides is 1. The molecule has 0 aliphatic carbocycles. The van der Waals surface area contributed by atoms with Crippen molar-refractivity contribution >= 4 is 40.3 Å². The van der Waals surface area contributed by atoms with Crippen LogP contribution in [0, 0.1) is 5.41 Å². The molecule has 8 N–H and O–H groups in total. The number of unbranched alkanes of at least 4 members (excludes halogenated alkanes) is 1. The quantitative estimate of drug-likeness (QED) is 0.0943. The molecule has 1 atom stereocenters. The summed E-state index contributed by atoms with van der Waals surface area (Å²) in [6.07, 6.45) is 7.00. The van der Waals surface area contributed by atoms with Crippen LogP contribution in [0.15, 0.2) is 0 Å². The summed E-state index contributed by atoms with van der Waals surface area (Å²) in [6.45, 7) is 5.10. The fourth-order valence-electron chi connectivity index (χ4n) is 3.32. The van der Waals surface area contributed by atoms with Crippen molar-refractivity contribution in [2.24, 2.45) is 11.1 Å². The number of quaternary nitrogens is 1. The Morgan fingerprint density at radius 2 is 1.30 bits per heavy atom. The standard InChI is InChI=1S/C21H42IN5O3/c1-2-21(11-8-20(30)27-17-14-24,10-7-19(29)26-16-5-13-23)9-6-18(28)25-15-4-3-12-22/h2-17,23-24H2,1H3,(H,25,28)(H,26,29)(H,27,30)/p+1. The average molecular weight is 541 g/mol. The largest absolute Gasteiger partial charge is 0.358 e. The molecule has 3 amide bonds. The molecule has 0 spiro atoms. The molecule has 0 aromatic heterocycles. The summed E-state index contributed by atoms with van der Waals surface area (Å²) >= 11 is 2.34. The van der Waals surface area contributed by atoms with E-state index in [0.29, 0.717) is 64.7 Å². The smallest absolute Gasteiger partial charge is 0.220 e. The van der Waals surface area contributed by atoms with Crippen molar-refractivity contribution in [3.8, 4) is 0 Å². The summed E-state index contributed by atoms with van der Waals surface area (Å²) in [6, 6.07) is 0. The third-order valence-electron chi connectivity index (χ3n) is 5.50. The molecule has 9 heteroatoms. The maximum absolute atomic E-state index is 12.3. The van der Waals surface area contributed by atoms with Crippen LogP contribution in [-0.4, -0.2) is 54.9 Å². The zero-order valence-corrected chi connectivity index (χ0v) is 20.9. The minimum Gasteiger partial charge on any atom is -0.358 e. The Kier molecular flexibility index (Phi) is 18.2. The average Bonchev–Trinajstić information content (AvgIpc) is 2.75. The summed E-state index contributed by atoms with van der Waals surface area (Å²) in [5.41, 5.74) is 9.02. The summed E-state index contributed by atoms with van der Waals surface area (Å²) in [7, 11) is 0. The van der Waals surface area contributed by atoms with E-state index in [4.69, 9.17) is 5.73 Å². The van der Waals surface area contributed by atoms with Crippen molar-refractivity contribution in [3.63, 3.8) is 0 Å². The SMILES string of the molecule is CCC(CCC(=O)NCCN)(CCC(=O)NCCC[NH3+])CCC(=O)NCCCCI. The van der Waals surface area contributed by atoms with Gasteiger partial charge in [0, 0.05) is 51.9 Å². The lowest BCUT2D eigenvalue weighted by molar-refractivity contribution is -0.367. The Balaban J connectivity index is 4.78. The highest BCUT2D eigenvalue weighted by molar-refractivity contribution is 14.1. The number of hydrogen-bond acceptors (Lipinski definition) is 4. The zero-order valence-electron chi connectivity index (χ0n) is 18.7. The molecule has 0 aromatic carbocycles. The summed E-state index contributed by atoms with van der Waals surface area (Å²) in [5, 5.41) is 8.72. The highest BCUT2D eigenvalue weighted by Crippen LogP contribution is 2.38. The van der Waals surface area contributed by atoms with Gasteiger partial charge in [-0.1, -0.05) is 35.9 Å². The van der Waals surface area contributed by atoms with Crippen molar-refractivity contribution in [1.82, 2.24) is 16.0 Å². The molecule has 0 saturated carbocycles. The first-order chi connectivity index (χ1) is 14.4. The summed E-state index contributed by atoms with van der Waals surface area (Å²) < 4.78 is 1.09. The number of carbonyl (C=O) groups is 3. The van der Waals surface area contributed by atoms with E-state index in [0.717, 1.165) is 36.7 Å². The topological polar surface area (TPSA) is 141 Å². The van der Waals surface area contributed by atoms with Gasteiger partial charge in [-0.05, 0) is 41.9 Å². The lowest BCUT2D eigenvalue weighted by Crippen LogP contribution is -2.51. The Hall–Kier alpha value is -0.940. The van der Waals surface area contributed by atoms with Gasteiger partial charge in [0.05, 0.1) is 6.54 Å². The molecular weight excluding hydrogens is 497 g/mol. The van der Waals surface area contributed by atoms with Crippen LogP contribution in [0.2, 0.25) is 0 Å². The van der Waals surface area contributed by atoms with Crippen LogP contribution in [0.1, 0.15) is 71.1 Å². The van der Waals surface area contributed by atoms with Crippen LogP contribution in [0.5, 0.6) is 0 Å². The molecule has 0 aromatic rings. The van der Waals surface area contributed by atoms with Crippen LogP contribution >= 0.6 is 22.6 Å². The lowest BCUT2D eigenvalue weighted by Gasteiger charge is -2.33. The molecule has 0 radical (unpaired) electrons. The number of rotatable bonds is 19. The highest BCUT2D eigenvalue weighted by Gasteiger charge is 2.30. The normalized spacial score (nSPS) is 12.8. The first-order valence-corrected chi connectivity index (χ1v) is 12.8. The van der Waals surface area contributed by atoms with E-state index in [1.54, 1.807) is 0 Å². The predicted octanol–water partition coefficient (Wildman–Crippen LogP) is 0.878. The van der Waals surface area contributed by atoms with E-state index < -0.39 is 0 Å². The Morgan fingerprint density at radius 3 is 1.70 bits per heavy atom. The molecule has 0 rings (SSSR count). The predicted molar refractivity (Wildman–Crippen MR) is 129 cm³/mol. The minimum atomic E-state index is -0.205. The van der Waals surface area contributed by atoms with Crippen molar-refractivity contribution < 1.29 is 20.1 Å². The summed E-state index contributed by atoms with van der Waals surface area (Å²) in [4.78, 5) is 36.6. The fourth-order valence-corrected chi connectivity index (χ4v) is 3.86. The molecule has 0 aliphatic heterocycles. The van der Waals surface area contributed by atoms with Gasteiger partial charge in [0.15, 0.2) is 0 Å². The maximum atomic E-state index is 12.3.